The van der Waals surface area contributed by atoms with Crippen molar-refractivity contribution in [2.24, 2.45) is 4.99 Å². The van der Waals surface area contributed by atoms with E-state index >= 15 is 0 Å². The maximum absolute atomic E-state index is 12.6. The van der Waals surface area contributed by atoms with Crippen molar-refractivity contribution in [1.29, 1.82) is 0 Å². The Labute approximate surface area is 177 Å². The predicted molar refractivity (Wildman–Crippen MR) is 115 cm³/mol. The van der Waals surface area contributed by atoms with Crippen molar-refractivity contribution in [3.63, 3.8) is 0 Å². The molecule has 156 valence electrons. The molecule has 2 aromatic rings. The Morgan fingerprint density at radius 1 is 1.23 bits per heavy atom. The van der Waals surface area contributed by atoms with Crippen LogP contribution in [-0.2, 0) is 4.79 Å². The van der Waals surface area contributed by atoms with Gasteiger partial charge in [-0.3, -0.25) is 9.69 Å². The number of carboxylic acid groups (broad SMARTS) is 1. The number of ether oxygens (including phenoxy) is 2. The fourth-order valence-electron chi connectivity index (χ4n) is 2.73. The van der Waals surface area contributed by atoms with Gasteiger partial charge in [0.15, 0.2) is 16.7 Å². The van der Waals surface area contributed by atoms with Crippen LogP contribution in [0.15, 0.2) is 46.3 Å². The number of benzene rings is 2. The maximum Gasteiger partial charge on any atom is 0.339 e. The molecule has 8 nitrogen and oxygen atoms in total. The number of nitrogens with zero attached hydrogens (tertiary/aromatic N) is 2. The molecule has 0 aromatic heterocycles. The van der Waals surface area contributed by atoms with Crippen LogP contribution in [0.5, 0.6) is 17.2 Å². The van der Waals surface area contributed by atoms with E-state index in [9.17, 15) is 14.7 Å². The number of aliphatic imine (C=N–C) groups is 1. The summed E-state index contributed by atoms with van der Waals surface area (Å²) in [5.74, 6) is -0.656. The first-order valence-corrected chi connectivity index (χ1v) is 9.79. The molecule has 1 heterocycles. The van der Waals surface area contributed by atoms with E-state index in [0.29, 0.717) is 33.9 Å². The molecule has 0 saturated carbocycles. The molecule has 2 aromatic carbocycles. The highest BCUT2D eigenvalue weighted by molar-refractivity contribution is 8.18. The molecule has 0 aliphatic carbocycles. The number of carbonyl (C=O) groups excluding carboxylic acids is 1. The molecule has 1 saturated heterocycles. The Morgan fingerprint density at radius 3 is 2.63 bits per heavy atom. The summed E-state index contributed by atoms with van der Waals surface area (Å²) in [6, 6.07) is 9.37. The molecule has 1 aliphatic rings. The summed E-state index contributed by atoms with van der Waals surface area (Å²) in [6.45, 7) is 2.40. The summed E-state index contributed by atoms with van der Waals surface area (Å²) in [7, 11) is 3.15. The van der Waals surface area contributed by atoms with E-state index in [1.165, 1.54) is 34.9 Å². The molecule has 0 bridgehead atoms. The molecule has 0 unspecified atom stereocenters. The molecule has 1 fully saturated rings. The van der Waals surface area contributed by atoms with Crippen LogP contribution in [0.1, 0.15) is 22.8 Å². The molecule has 1 aliphatic heterocycles. The number of phenols is 1. The van der Waals surface area contributed by atoms with Crippen LogP contribution in [0, 0.1) is 0 Å². The topological polar surface area (TPSA) is 109 Å². The lowest BCUT2D eigenvalue weighted by Gasteiger charge is -2.09. The Morgan fingerprint density at radius 2 is 2.00 bits per heavy atom. The van der Waals surface area contributed by atoms with E-state index in [4.69, 9.17) is 14.6 Å². The highest BCUT2D eigenvalue weighted by Gasteiger charge is 2.30. The summed E-state index contributed by atoms with van der Waals surface area (Å²) in [6.07, 6.45) is 1.73. The highest BCUT2D eigenvalue weighted by Crippen LogP contribution is 2.35. The van der Waals surface area contributed by atoms with Gasteiger partial charge in [0.25, 0.3) is 5.91 Å². The van der Waals surface area contributed by atoms with Crippen molar-refractivity contribution in [2.45, 2.75) is 6.92 Å². The zero-order valence-corrected chi connectivity index (χ0v) is 17.4. The van der Waals surface area contributed by atoms with E-state index in [1.54, 1.807) is 32.4 Å². The van der Waals surface area contributed by atoms with Gasteiger partial charge in [0, 0.05) is 13.1 Å². The molecule has 0 atom stereocenters. The van der Waals surface area contributed by atoms with Gasteiger partial charge in [-0.1, -0.05) is 6.07 Å². The SMILES string of the molecule is CCOc1ccc(/C=C2\SC(=Nc3ccc(C(=O)O)c(O)c3)N(C)C2=O)cc1OC. The van der Waals surface area contributed by atoms with E-state index in [0.717, 1.165) is 5.56 Å². The van der Waals surface area contributed by atoms with Crippen molar-refractivity contribution < 1.29 is 29.3 Å². The number of thioether (sulfide) groups is 1. The molecule has 30 heavy (non-hydrogen) atoms. The average molecular weight is 428 g/mol. The summed E-state index contributed by atoms with van der Waals surface area (Å²) in [4.78, 5) is 29.9. The van der Waals surface area contributed by atoms with E-state index in [2.05, 4.69) is 4.99 Å². The summed E-state index contributed by atoms with van der Waals surface area (Å²) >= 11 is 1.18. The van der Waals surface area contributed by atoms with Gasteiger partial charge in [0.1, 0.15) is 11.3 Å². The Kier molecular flexibility index (Phi) is 6.31. The van der Waals surface area contributed by atoms with Crippen LogP contribution in [0.3, 0.4) is 0 Å². The van der Waals surface area contributed by atoms with Crippen LogP contribution in [0.25, 0.3) is 6.08 Å². The molecular weight excluding hydrogens is 408 g/mol. The lowest BCUT2D eigenvalue weighted by atomic mass is 10.2. The number of aromatic hydroxyl groups is 1. The number of likely N-dealkylation sites (N-methyl/N-ethyl adjacent to an activating group) is 1. The molecule has 0 radical (unpaired) electrons. The Bertz CT molecular complexity index is 1060. The minimum absolute atomic E-state index is 0.215. The minimum Gasteiger partial charge on any atom is -0.507 e. The van der Waals surface area contributed by atoms with Crippen molar-refractivity contribution in [1.82, 2.24) is 4.90 Å². The summed E-state index contributed by atoms with van der Waals surface area (Å²) < 4.78 is 10.8. The van der Waals surface area contributed by atoms with Gasteiger partial charge < -0.3 is 19.7 Å². The molecule has 0 spiro atoms. The van der Waals surface area contributed by atoms with Crippen LogP contribution < -0.4 is 9.47 Å². The van der Waals surface area contributed by atoms with Crippen molar-refractivity contribution >= 4 is 40.6 Å². The van der Waals surface area contributed by atoms with Gasteiger partial charge in [-0.05, 0) is 54.6 Å². The van der Waals surface area contributed by atoms with Crippen LogP contribution in [0.2, 0.25) is 0 Å². The molecule has 1 amide bonds. The number of rotatable bonds is 6. The number of carboxylic acids is 1. The zero-order valence-electron chi connectivity index (χ0n) is 16.6. The Balaban J connectivity index is 1.88. The second-order valence-electron chi connectivity index (χ2n) is 6.22. The number of hydrogen-bond acceptors (Lipinski definition) is 7. The quantitative estimate of drug-likeness (QED) is 0.675. The van der Waals surface area contributed by atoms with Crippen molar-refractivity contribution in [2.75, 3.05) is 20.8 Å². The average Bonchev–Trinajstić information content (AvgIpc) is 2.97. The minimum atomic E-state index is -1.23. The third-order valence-corrected chi connectivity index (χ3v) is 5.29. The molecule has 9 heteroatoms. The normalized spacial score (nSPS) is 16.4. The van der Waals surface area contributed by atoms with Gasteiger partial charge in [-0.2, -0.15) is 0 Å². The summed E-state index contributed by atoms with van der Waals surface area (Å²) in [5.41, 5.74) is 0.889. The van der Waals surface area contributed by atoms with E-state index in [-0.39, 0.29) is 11.5 Å². The monoisotopic (exact) mass is 428 g/mol. The number of hydrogen-bond donors (Lipinski definition) is 2. The molecular formula is C21H20N2O6S. The smallest absolute Gasteiger partial charge is 0.339 e. The second-order valence-corrected chi connectivity index (χ2v) is 7.23. The van der Waals surface area contributed by atoms with Crippen LogP contribution in [-0.4, -0.2) is 52.9 Å². The first-order chi connectivity index (χ1) is 14.3. The molecule has 2 N–H and O–H groups in total. The van der Waals surface area contributed by atoms with Crippen molar-refractivity contribution in [3.8, 4) is 17.2 Å². The lowest BCUT2D eigenvalue weighted by Crippen LogP contribution is -2.23. The lowest BCUT2D eigenvalue weighted by molar-refractivity contribution is -0.121. The predicted octanol–water partition coefficient (Wildman–Crippen LogP) is 3.73. The second kappa shape index (κ2) is 8.91. The van der Waals surface area contributed by atoms with E-state index in [1.807, 2.05) is 13.0 Å². The van der Waals surface area contributed by atoms with Gasteiger partial charge in [-0.15, -0.1) is 0 Å². The third kappa shape index (κ3) is 4.41. The first-order valence-electron chi connectivity index (χ1n) is 8.97. The van der Waals surface area contributed by atoms with Crippen LogP contribution >= 0.6 is 11.8 Å². The number of methoxy groups -OCH3 is 1. The number of carbonyl (C=O) groups is 2. The Hall–Kier alpha value is -3.46. The largest absolute Gasteiger partial charge is 0.507 e. The van der Waals surface area contributed by atoms with Crippen molar-refractivity contribution in [3.05, 3.63) is 52.4 Å². The maximum atomic E-state index is 12.6. The van der Waals surface area contributed by atoms with Crippen LogP contribution in [0.4, 0.5) is 5.69 Å². The number of aromatic carboxylic acids is 1. The highest BCUT2D eigenvalue weighted by atomic mass is 32.2. The summed E-state index contributed by atoms with van der Waals surface area (Å²) in [5, 5.41) is 19.2. The number of amidine groups is 1. The van der Waals surface area contributed by atoms with Gasteiger partial charge in [0.05, 0.1) is 24.3 Å². The van der Waals surface area contributed by atoms with Gasteiger partial charge >= 0.3 is 5.97 Å². The standard InChI is InChI=1S/C21H20N2O6S/c1-4-29-16-8-5-12(9-17(16)28-3)10-18-19(25)23(2)21(30-18)22-13-6-7-14(20(26)27)15(24)11-13/h5-11,24H,4H2,1-3H3,(H,26,27)/b18-10-,22-21?. The molecule has 3 rings (SSSR count). The zero-order chi connectivity index (χ0) is 21.8. The van der Waals surface area contributed by atoms with Gasteiger partial charge in [0.2, 0.25) is 0 Å². The van der Waals surface area contributed by atoms with Gasteiger partial charge in [-0.25, -0.2) is 9.79 Å². The third-order valence-electron chi connectivity index (χ3n) is 4.23. The fourth-order valence-corrected chi connectivity index (χ4v) is 3.72. The number of amides is 1. The fraction of sp³-hybridized carbons (Fsp3) is 0.190. The first kappa shape index (κ1) is 21.3. The van der Waals surface area contributed by atoms with E-state index < -0.39 is 11.7 Å².